The first-order valence-corrected chi connectivity index (χ1v) is 10.4. The second kappa shape index (κ2) is 8.77. The smallest absolute Gasteiger partial charge is 0.223 e. The van der Waals surface area contributed by atoms with Gasteiger partial charge in [0.05, 0.1) is 6.61 Å². The molecule has 0 saturated carbocycles. The van der Waals surface area contributed by atoms with Gasteiger partial charge in [-0.3, -0.25) is 4.79 Å². The van der Waals surface area contributed by atoms with E-state index < -0.39 is 0 Å². The molecule has 1 saturated heterocycles. The molecule has 1 amide bonds. The van der Waals surface area contributed by atoms with Crippen LogP contribution in [0, 0.1) is 5.92 Å². The highest BCUT2D eigenvalue weighted by Gasteiger charge is 2.27. The fourth-order valence-electron chi connectivity index (χ4n) is 3.56. The highest BCUT2D eigenvalue weighted by Crippen LogP contribution is 2.27. The number of carbonyl (C=O) groups is 1. The van der Waals surface area contributed by atoms with Crippen LogP contribution in [0.15, 0.2) is 24.3 Å². The number of amides is 1. The molecule has 2 heterocycles. The van der Waals surface area contributed by atoms with Gasteiger partial charge in [-0.15, -0.1) is 0 Å². The Balaban J connectivity index is 1.49. The van der Waals surface area contributed by atoms with Gasteiger partial charge in [0.2, 0.25) is 5.91 Å². The number of nitrogens with one attached hydrogen (secondary N) is 1. The van der Waals surface area contributed by atoms with Crippen molar-refractivity contribution in [3.8, 4) is 5.75 Å². The van der Waals surface area contributed by atoms with Crippen LogP contribution in [0.3, 0.4) is 0 Å². The third-order valence-electron chi connectivity index (χ3n) is 5.08. The van der Waals surface area contributed by atoms with Crippen LogP contribution in [0.5, 0.6) is 5.75 Å². The number of thioether (sulfide) groups is 1. The summed E-state index contributed by atoms with van der Waals surface area (Å²) in [7, 11) is 0. The molecule has 3 rings (SSSR count). The van der Waals surface area contributed by atoms with Crippen molar-refractivity contribution < 1.29 is 9.53 Å². The maximum Gasteiger partial charge on any atom is 0.223 e. The number of para-hydroxylation sites is 1. The molecule has 4 nitrogen and oxygen atoms in total. The standard InChI is InChI=1S/C19H28N2O2S/c1-24-13-11-21-9-6-17(7-10-21)20-19(22)16-8-12-23-18-5-3-2-4-15(18)14-16/h2-5,16-17H,6-14H2,1H3,(H,20,22). The van der Waals surface area contributed by atoms with E-state index in [1.807, 2.05) is 30.0 Å². The molecule has 1 fully saturated rings. The molecule has 1 atom stereocenters. The summed E-state index contributed by atoms with van der Waals surface area (Å²) in [6.45, 7) is 3.99. The van der Waals surface area contributed by atoms with Crippen molar-refractivity contribution in [2.75, 3.05) is 38.2 Å². The van der Waals surface area contributed by atoms with E-state index in [-0.39, 0.29) is 11.8 Å². The van der Waals surface area contributed by atoms with Crippen molar-refractivity contribution in [2.45, 2.75) is 31.7 Å². The molecule has 2 aliphatic heterocycles. The average Bonchev–Trinajstić information content (AvgIpc) is 2.83. The molecule has 0 bridgehead atoms. The van der Waals surface area contributed by atoms with E-state index in [1.54, 1.807) is 0 Å². The van der Waals surface area contributed by atoms with Crippen LogP contribution in [-0.4, -0.2) is 55.1 Å². The van der Waals surface area contributed by atoms with Gasteiger partial charge in [-0.25, -0.2) is 0 Å². The lowest BCUT2D eigenvalue weighted by atomic mass is 9.95. The number of carbonyl (C=O) groups excluding carboxylic acids is 1. The fourth-order valence-corrected chi connectivity index (χ4v) is 4.00. The zero-order valence-corrected chi connectivity index (χ0v) is 15.3. The van der Waals surface area contributed by atoms with Crippen molar-refractivity contribution in [3.63, 3.8) is 0 Å². The minimum Gasteiger partial charge on any atom is -0.493 e. The van der Waals surface area contributed by atoms with E-state index in [0.29, 0.717) is 12.6 Å². The largest absolute Gasteiger partial charge is 0.493 e. The van der Waals surface area contributed by atoms with Gasteiger partial charge in [-0.05, 0) is 43.6 Å². The molecule has 1 unspecified atom stereocenters. The van der Waals surface area contributed by atoms with Crippen LogP contribution >= 0.6 is 11.8 Å². The highest BCUT2D eigenvalue weighted by molar-refractivity contribution is 7.98. The molecule has 1 aromatic carbocycles. The molecule has 5 heteroatoms. The summed E-state index contributed by atoms with van der Waals surface area (Å²) in [5.74, 6) is 2.37. The van der Waals surface area contributed by atoms with Crippen LogP contribution in [0.4, 0.5) is 0 Å². The summed E-state index contributed by atoms with van der Waals surface area (Å²) < 4.78 is 5.78. The van der Waals surface area contributed by atoms with Gasteiger partial charge in [-0.2, -0.15) is 11.8 Å². The van der Waals surface area contributed by atoms with Gasteiger partial charge < -0.3 is 15.0 Å². The summed E-state index contributed by atoms with van der Waals surface area (Å²) in [5, 5.41) is 3.30. The Bertz CT molecular complexity index is 544. The van der Waals surface area contributed by atoms with Crippen LogP contribution in [0.2, 0.25) is 0 Å². The Morgan fingerprint density at radius 3 is 2.88 bits per heavy atom. The molecule has 0 aromatic heterocycles. The minimum absolute atomic E-state index is 0.0307. The first-order chi connectivity index (χ1) is 11.8. The highest BCUT2D eigenvalue weighted by atomic mass is 32.2. The fraction of sp³-hybridized carbons (Fsp3) is 0.632. The van der Waals surface area contributed by atoms with Crippen molar-refractivity contribution in [2.24, 2.45) is 5.92 Å². The van der Waals surface area contributed by atoms with Crippen molar-refractivity contribution in [3.05, 3.63) is 29.8 Å². The minimum atomic E-state index is 0.0307. The number of nitrogens with zero attached hydrogens (tertiary/aromatic N) is 1. The predicted molar refractivity (Wildman–Crippen MR) is 99.7 cm³/mol. The lowest BCUT2D eigenvalue weighted by Crippen LogP contribution is -2.47. The van der Waals surface area contributed by atoms with Gasteiger partial charge in [0.25, 0.3) is 0 Å². The number of rotatable bonds is 5. The number of benzene rings is 1. The molecule has 0 aliphatic carbocycles. The molecule has 24 heavy (non-hydrogen) atoms. The Labute approximate surface area is 149 Å². The average molecular weight is 349 g/mol. The van der Waals surface area contributed by atoms with Gasteiger partial charge >= 0.3 is 0 Å². The van der Waals surface area contributed by atoms with Crippen molar-refractivity contribution in [1.29, 1.82) is 0 Å². The number of hydrogen-bond acceptors (Lipinski definition) is 4. The zero-order valence-electron chi connectivity index (χ0n) is 14.5. The zero-order chi connectivity index (χ0) is 16.8. The second-order valence-electron chi connectivity index (χ2n) is 6.76. The van der Waals surface area contributed by atoms with Crippen LogP contribution in [0.25, 0.3) is 0 Å². The van der Waals surface area contributed by atoms with E-state index in [9.17, 15) is 4.79 Å². The van der Waals surface area contributed by atoms with E-state index >= 15 is 0 Å². The number of likely N-dealkylation sites (tertiary alicyclic amines) is 1. The molecular weight excluding hydrogens is 320 g/mol. The molecule has 0 spiro atoms. The van der Waals surface area contributed by atoms with Crippen molar-refractivity contribution >= 4 is 17.7 Å². The third-order valence-corrected chi connectivity index (χ3v) is 5.67. The SMILES string of the molecule is CSCCN1CCC(NC(=O)C2CCOc3ccccc3C2)CC1. The summed E-state index contributed by atoms with van der Waals surface area (Å²) >= 11 is 1.90. The molecule has 2 aliphatic rings. The van der Waals surface area contributed by atoms with E-state index in [2.05, 4.69) is 22.5 Å². The molecule has 0 radical (unpaired) electrons. The third kappa shape index (κ3) is 4.67. The normalized spacial score (nSPS) is 22.3. The lowest BCUT2D eigenvalue weighted by molar-refractivity contribution is -0.126. The lowest BCUT2D eigenvalue weighted by Gasteiger charge is -2.32. The Morgan fingerprint density at radius 1 is 1.29 bits per heavy atom. The first kappa shape index (κ1) is 17.6. The number of hydrogen-bond donors (Lipinski definition) is 1. The second-order valence-corrected chi connectivity index (χ2v) is 7.75. The van der Waals surface area contributed by atoms with E-state index in [0.717, 1.165) is 50.1 Å². The maximum atomic E-state index is 12.7. The van der Waals surface area contributed by atoms with Crippen LogP contribution in [-0.2, 0) is 11.2 Å². The summed E-state index contributed by atoms with van der Waals surface area (Å²) in [6.07, 6.45) is 5.88. The van der Waals surface area contributed by atoms with Crippen LogP contribution < -0.4 is 10.1 Å². The molecule has 1 N–H and O–H groups in total. The number of piperidine rings is 1. The van der Waals surface area contributed by atoms with Gasteiger partial charge in [0.15, 0.2) is 0 Å². The van der Waals surface area contributed by atoms with Crippen molar-refractivity contribution in [1.82, 2.24) is 10.2 Å². The summed E-state index contributed by atoms with van der Waals surface area (Å²) in [6, 6.07) is 8.42. The van der Waals surface area contributed by atoms with Gasteiger partial charge in [-0.1, -0.05) is 18.2 Å². The summed E-state index contributed by atoms with van der Waals surface area (Å²) in [5.41, 5.74) is 1.15. The molecule has 132 valence electrons. The maximum absolute atomic E-state index is 12.7. The topological polar surface area (TPSA) is 41.6 Å². The Hall–Kier alpha value is -1.20. The van der Waals surface area contributed by atoms with Gasteiger partial charge in [0.1, 0.15) is 5.75 Å². The van der Waals surface area contributed by atoms with E-state index in [4.69, 9.17) is 4.74 Å². The van der Waals surface area contributed by atoms with E-state index in [1.165, 1.54) is 12.3 Å². The quantitative estimate of drug-likeness (QED) is 0.888. The van der Waals surface area contributed by atoms with Gasteiger partial charge in [0, 0.05) is 37.3 Å². The Kier molecular flexibility index (Phi) is 6.44. The predicted octanol–water partition coefficient (Wildman–Crippen LogP) is 2.57. The summed E-state index contributed by atoms with van der Waals surface area (Å²) in [4.78, 5) is 15.2. The van der Waals surface area contributed by atoms with Crippen LogP contribution in [0.1, 0.15) is 24.8 Å². The number of fused-ring (bicyclic) bond motifs is 1. The Morgan fingerprint density at radius 2 is 2.08 bits per heavy atom. The molecule has 1 aromatic rings. The number of ether oxygens (including phenoxy) is 1. The monoisotopic (exact) mass is 348 g/mol. The first-order valence-electron chi connectivity index (χ1n) is 8.98. The molecular formula is C19H28N2O2S.